The lowest BCUT2D eigenvalue weighted by atomic mass is 10.1. The minimum absolute atomic E-state index is 0.465. The summed E-state index contributed by atoms with van der Waals surface area (Å²) in [4.78, 5) is 10.7. The molecule has 1 aromatic heterocycles. The molecule has 4 nitrogen and oxygen atoms in total. The highest BCUT2D eigenvalue weighted by atomic mass is 35.5. The summed E-state index contributed by atoms with van der Waals surface area (Å²) in [5.41, 5.74) is 0.917. The van der Waals surface area contributed by atoms with Crippen LogP contribution in [-0.4, -0.2) is 36.1 Å². The van der Waals surface area contributed by atoms with E-state index in [0.29, 0.717) is 17.1 Å². The van der Waals surface area contributed by atoms with Crippen LogP contribution in [0.25, 0.3) is 0 Å². The molecule has 0 spiro atoms. The zero-order valence-corrected chi connectivity index (χ0v) is 10.5. The second-order valence-corrected chi connectivity index (χ2v) is 4.61. The summed E-state index contributed by atoms with van der Waals surface area (Å²) in [7, 11) is 2.03. The zero-order chi connectivity index (χ0) is 11.5. The third-order valence-electron chi connectivity index (χ3n) is 3.03. The van der Waals surface area contributed by atoms with Crippen molar-refractivity contribution in [1.29, 1.82) is 0 Å². The van der Waals surface area contributed by atoms with Gasteiger partial charge in [0.25, 0.3) is 0 Å². The van der Waals surface area contributed by atoms with E-state index in [4.69, 9.17) is 11.6 Å². The SMILES string of the molecule is Cc1cnc(N(C)C2CCCNC2)nc1Cl. The topological polar surface area (TPSA) is 41.1 Å². The van der Waals surface area contributed by atoms with Crippen molar-refractivity contribution in [2.75, 3.05) is 25.0 Å². The average molecular weight is 241 g/mol. The van der Waals surface area contributed by atoms with Crippen LogP contribution in [0.3, 0.4) is 0 Å². The van der Waals surface area contributed by atoms with E-state index in [1.807, 2.05) is 14.0 Å². The number of aryl methyl sites for hydroxylation is 1. The van der Waals surface area contributed by atoms with Crippen molar-refractivity contribution >= 4 is 17.5 Å². The minimum atomic E-state index is 0.465. The van der Waals surface area contributed by atoms with Crippen LogP contribution in [0.1, 0.15) is 18.4 Å². The fourth-order valence-electron chi connectivity index (χ4n) is 1.91. The smallest absolute Gasteiger partial charge is 0.226 e. The van der Waals surface area contributed by atoms with Crippen molar-refractivity contribution in [2.45, 2.75) is 25.8 Å². The summed E-state index contributed by atoms with van der Waals surface area (Å²) in [5.74, 6) is 0.712. The quantitative estimate of drug-likeness (QED) is 0.798. The molecule has 1 aliphatic heterocycles. The number of likely N-dealkylation sites (N-methyl/N-ethyl adjacent to an activating group) is 1. The Morgan fingerprint density at radius 1 is 1.56 bits per heavy atom. The maximum absolute atomic E-state index is 6.00. The molecule has 1 unspecified atom stereocenters. The Labute approximate surface area is 101 Å². The fraction of sp³-hybridized carbons (Fsp3) is 0.636. The lowest BCUT2D eigenvalue weighted by Gasteiger charge is -2.31. The van der Waals surface area contributed by atoms with E-state index in [2.05, 4.69) is 20.2 Å². The van der Waals surface area contributed by atoms with Crippen LogP contribution < -0.4 is 10.2 Å². The number of nitrogens with zero attached hydrogens (tertiary/aromatic N) is 3. The van der Waals surface area contributed by atoms with Gasteiger partial charge in [0.05, 0.1) is 0 Å². The highest BCUT2D eigenvalue weighted by Crippen LogP contribution is 2.18. The maximum Gasteiger partial charge on any atom is 0.226 e. The summed E-state index contributed by atoms with van der Waals surface area (Å²) >= 11 is 6.00. The van der Waals surface area contributed by atoms with Gasteiger partial charge in [0.1, 0.15) is 5.15 Å². The Bertz CT molecular complexity index is 363. The molecular weight excluding hydrogens is 224 g/mol. The molecule has 5 heteroatoms. The molecule has 0 aromatic carbocycles. The molecule has 0 aliphatic carbocycles. The van der Waals surface area contributed by atoms with E-state index in [0.717, 1.165) is 18.7 Å². The number of halogens is 1. The molecule has 2 heterocycles. The van der Waals surface area contributed by atoms with E-state index < -0.39 is 0 Å². The van der Waals surface area contributed by atoms with Crippen molar-refractivity contribution in [3.8, 4) is 0 Å². The second-order valence-electron chi connectivity index (χ2n) is 4.25. The molecular formula is C11H17ClN4. The van der Waals surface area contributed by atoms with Gasteiger partial charge >= 0.3 is 0 Å². The van der Waals surface area contributed by atoms with Gasteiger partial charge in [-0.1, -0.05) is 11.6 Å². The number of hydrogen-bond donors (Lipinski definition) is 1. The average Bonchev–Trinajstić information content (AvgIpc) is 2.33. The van der Waals surface area contributed by atoms with Gasteiger partial charge in [-0.25, -0.2) is 9.97 Å². The predicted molar refractivity (Wildman–Crippen MR) is 66.1 cm³/mol. The van der Waals surface area contributed by atoms with E-state index >= 15 is 0 Å². The molecule has 0 amide bonds. The van der Waals surface area contributed by atoms with Crippen molar-refractivity contribution in [3.05, 3.63) is 16.9 Å². The number of piperidine rings is 1. The van der Waals surface area contributed by atoms with Crippen LogP contribution in [0.5, 0.6) is 0 Å². The summed E-state index contributed by atoms with van der Waals surface area (Å²) in [5, 5.41) is 3.92. The predicted octanol–water partition coefficient (Wildman–Crippen LogP) is 1.63. The molecule has 1 fully saturated rings. The fourth-order valence-corrected chi connectivity index (χ4v) is 2.03. The summed E-state index contributed by atoms with van der Waals surface area (Å²) in [6.07, 6.45) is 4.16. The minimum Gasteiger partial charge on any atom is -0.340 e. The third-order valence-corrected chi connectivity index (χ3v) is 3.41. The van der Waals surface area contributed by atoms with E-state index in [1.54, 1.807) is 6.20 Å². The highest BCUT2D eigenvalue weighted by molar-refractivity contribution is 6.30. The Kier molecular flexibility index (Phi) is 3.61. The molecule has 1 aliphatic rings. The van der Waals surface area contributed by atoms with E-state index in [-0.39, 0.29) is 0 Å². The normalized spacial score (nSPS) is 20.8. The Balaban J connectivity index is 2.12. The zero-order valence-electron chi connectivity index (χ0n) is 9.70. The maximum atomic E-state index is 6.00. The van der Waals surface area contributed by atoms with Crippen molar-refractivity contribution in [3.63, 3.8) is 0 Å². The second kappa shape index (κ2) is 4.97. The van der Waals surface area contributed by atoms with Gasteiger partial charge in [0.15, 0.2) is 0 Å². The van der Waals surface area contributed by atoms with Crippen molar-refractivity contribution < 1.29 is 0 Å². The Morgan fingerprint density at radius 3 is 3.00 bits per heavy atom. The van der Waals surface area contributed by atoms with Crippen LogP contribution in [0.4, 0.5) is 5.95 Å². The summed E-state index contributed by atoms with van der Waals surface area (Å²) in [6.45, 7) is 4.01. The lowest BCUT2D eigenvalue weighted by Crippen LogP contribution is -2.44. The lowest BCUT2D eigenvalue weighted by molar-refractivity contribution is 0.441. The first-order chi connectivity index (χ1) is 7.68. The van der Waals surface area contributed by atoms with Gasteiger partial charge in [-0.05, 0) is 26.3 Å². The highest BCUT2D eigenvalue weighted by Gasteiger charge is 2.20. The standard InChI is InChI=1S/C11H17ClN4/c1-8-6-14-11(15-10(8)12)16(2)9-4-3-5-13-7-9/h6,9,13H,3-5,7H2,1-2H3. The van der Waals surface area contributed by atoms with Gasteiger partial charge in [0, 0.05) is 31.4 Å². The van der Waals surface area contributed by atoms with Gasteiger partial charge in [-0.2, -0.15) is 0 Å². The largest absolute Gasteiger partial charge is 0.340 e. The first-order valence-corrected chi connectivity index (χ1v) is 5.99. The molecule has 1 atom stereocenters. The molecule has 2 rings (SSSR count). The van der Waals surface area contributed by atoms with Gasteiger partial charge in [0.2, 0.25) is 5.95 Å². The first-order valence-electron chi connectivity index (χ1n) is 5.61. The summed E-state index contributed by atoms with van der Waals surface area (Å²) < 4.78 is 0. The first kappa shape index (κ1) is 11.6. The number of rotatable bonds is 2. The van der Waals surface area contributed by atoms with Gasteiger partial charge in [-0.3, -0.25) is 0 Å². The van der Waals surface area contributed by atoms with Crippen molar-refractivity contribution in [2.24, 2.45) is 0 Å². The van der Waals surface area contributed by atoms with Gasteiger partial charge < -0.3 is 10.2 Å². The van der Waals surface area contributed by atoms with Crippen LogP contribution in [-0.2, 0) is 0 Å². The molecule has 0 bridgehead atoms. The Hall–Kier alpha value is -0.870. The Morgan fingerprint density at radius 2 is 2.38 bits per heavy atom. The molecule has 0 radical (unpaired) electrons. The third kappa shape index (κ3) is 2.44. The molecule has 88 valence electrons. The summed E-state index contributed by atoms with van der Waals surface area (Å²) in [6, 6.07) is 0.465. The van der Waals surface area contributed by atoms with E-state index in [1.165, 1.54) is 12.8 Å². The van der Waals surface area contributed by atoms with Crippen LogP contribution >= 0.6 is 11.6 Å². The molecule has 0 saturated carbocycles. The van der Waals surface area contributed by atoms with E-state index in [9.17, 15) is 0 Å². The number of anilines is 1. The molecule has 1 N–H and O–H groups in total. The molecule has 1 saturated heterocycles. The van der Waals surface area contributed by atoms with Crippen LogP contribution in [0.15, 0.2) is 6.20 Å². The van der Waals surface area contributed by atoms with Gasteiger partial charge in [-0.15, -0.1) is 0 Å². The van der Waals surface area contributed by atoms with Crippen LogP contribution in [0, 0.1) is 6.92 Å². The number of aromatic nitrogens is 2. The number of nitrogens with one attached hydrogen (secondary N) is 1. The monoisotopic (exact) mass is 240 g/mol. The van der Waals surface area contributed by atoms with Crippen LogP contribution in [0.2, 0.25) is 5.15 Å². The number of hydrogen-bond acceptors (Lipinski definition) is 4. The molecule has 1 aromatic rings. The van der Waals surface area contributed by atoms with Crippen molar-refractivity contribution in [1.82, 2.24) is 15.3 Å². The molecule has 16 heavy (non-hydrogen) atoms.